The highest BCUT2D eigenvalue weighted by Crippen LogP contribution is 2.11. The number of nitrogens with one attached hydrogen (secondary N) is 3. The molecule has 1 rings (SSSR count). The molecule has 1 heterocycles. The third-order valence-electron chi connectivity index (χ3n) is 2.74. The summed E-state index contributed by atoms with van der Waals surface area (Å²) in [5, 5.41) is 7.24. The Labute approximate surface area is 115 Å². The van der Waals surface area contributed by atoms with Crippen LogP contribution in [0, 0.1) is 5.41 Å². The quantitative estimate of drug-likeness (QED) is 0.408. The Morgan fingerprint density at radius 3 is 2.32 bits per heavy atom. The standard InChI is InChI=1S/C11H25N5O2S/c1-11(2,3)15-19(17,18)14-9-4-6-16(7-5-9)8-10(12)13/h9,14-15H,4-8H2,1-3H3,(H3,12,13). The molecule has 1 aliphatic heterocycles. The normalized spacial score (nSPS) is 19.5. The lowest BCUT2D eigenvalue weighted by Gasteiger charge is -2.32. The number of likely N-dealkylation sites (tertiary alicyclic amines) is 1. The van der Waals surface area contributed by atoms with E-state index >= 15 is 0 Å². The predicted octanol–water partition coefficient (Wildman–Crippen LogP) is -0.391. The minimum atomic E-state index is -3.46. The predicted molar refractivity (Wildman–Crippen MR) is 76.3 cm³/mol. The Kier molecular flexibility index (Phi) is 5.31. The lowest BCUT2D eigenvalue weighted by Crippen LogP contribution is -2.52. The Morgan fingerprint density at radius 1 is 1.37 bits per heavy atom. The summed E-state index contributed by atoms with van der Waals surface area (Å²) >= 11 is 0. The van der Waals surface area contributed by atoms with Crippen LogP contribution in [0.15, 0.2) is 0 Å². The van der Waals surface area contributed by atoms with E-state index in [0.717, 1.165) is 25.9 Å². The van der Waals surface area contributed by atoms with Gasteiger partial charge in [-0.2, -0.15) is 17.9 Å². The highest BCUT2D eigenvalue weighted by atomic mass is 32.2. The summed E-state index contributed by atoms with van der Waals surface area (Å²) in [6.07, 6.45) is 1.47. The van der Waals surface area contributed by atoms with Gasteiger partial charge in [0.1, 0.15) is 5.84 Å². The van der Waals surface area contributed by atoms with Gasteiger partial charge in [0.05, 0.1) is 6.54 Å². The third-order valence-corrected chi connectivity index (χ3v) is 4.27. The van der Waals surface area contributed by atoms with Gasteiger partial charge in [0.25, 0.3) is 10.2 Å². The molecule has 7 nitrogen and oxygen atoms in total. The molecule has 0 bridgehead atoms. The average Bonchev–Trinajstić information content (AvgIpc) is 2.15. The summed E-state index contributed by atoms with van der Waals surface area (Å²) in [4.78, 5) is 2.06. The van der Waals surface area contributed by atoms with Gasteiger partial charge in [0.15, 0.2) is 0 Å². The van der Waals surface area contributed by atoms with Crippen molar-refractivity contribution in [3.05, 3.63) is 0 Å². The zero-order valence-electron chi connectivity index (χ0n) is 11.9. The minimum Gasteiger partial charge on any atom is -0.387 e. The molecule has 0 atom stereocenters. The molecule has 1 saturated heterocycles. The van der Waals surface area contributed by atoms with Gasteiger partial charge in [-0.25, -0.2) is 0 Å². The zero-order valence-corrected chi connectivity index (χ0v) is 12.7. The van der Waals surface area contributed by atoms with Crippen LogP contribution in [0.25, 0.3) is 0 Å². The molecule has 0 radical (unpaired) electrons. The molecule has 0 aromatic rings. The van der Waals surface area contributed by atoms with E-state index < -0.39 is 15.7 Å². The molecule has 0 aromatic heterocycles. The number of rotatable bonds is 5. The molecule has 8 heteroatoms. The smallest absolute Gasteiger partial charge is 0.277 e. The van der Waals surface area contributed by atoms with Crippen LogP contribution in [-0.4, -0.2) is 50.4 Å². The van der Waals surface area contributed by atoms with Crippen LogP contribution < -0.4 is 15.2 Å². The molecule has 0 amide bonds. The second kappa shape index (κ2) is 6.17. The largest absolute Gasteiger partial charge is 0.387 e. The first-order valence-corrected chi connectivity index (χ1v) is 7.92. The maximum Gasteiger partial charge on any atom is 0.277 e. The van der Waals surface area contributed by atoms with Crippen LogP contribution in [0.1, 0.15) is 33.6 Å². The van der Waals surface area contributed by atoms with E-state index in [1.165, 1.54) is 0 Å². The molecule has 0 unspecified atom stereocenters. The van der Waals surface area contributed by atoms with Crippen LogP contribution in [0.5, 0.6) is 0 Å². The fourth-order valence-electron chi connectivity index (χ4n) is 2.10. The van der Waals surface area contributed by atoms with Crippen molar-refractivity contribution in [2.24, 2.45) is 5.73 Å². The monoisotopic (exact) mass is 291 g/mol. The Morgan fingerprint density at radius 2 is 1.89 bits per heavy atom. The van der Waals surface area contributed by atoms with E-state index in [-0.39, 0.29) is 11.9 Å². The van der Waals surface area contributed by atoms with Gasteiger partial charge in [0, 0.05) is 24.7 Å². The maximum absolute atomic E-state index is 11.9. The van der Waals surface area contributed by atoms with Crippen LogP contribution in [0.2, 0.25) is 0 Å². The summed E-state index contributed by atoms with van der Waals surface area (Å²) in [6.45, 7) is 7.38. The average molecular weight is 291 g/mol. The molecule has 1 aliphatic rings. The summed E-state index contributed by atoms with van der Waals surface area (Å²) < 4.78 is 29.0. The highest BCUT2D eigenvalue weighted by Gasteiger charge is 2.26. The van der Waals surface area contributed by atoms with Crippen LogP contribution in [0.4, 0.5) is 0 Å². The minimum absolute atomic E-state index is 0.0527. The molecule has 0 spiro atoms. The lowest BCUT2D eigenvalue weighted by molar-refractivity contribution is 0.231. The first kappa shape index (κ1) is 16.4. The molecule has 5 N–H and O–H groups in total. The van der Waals surface area contributed by atoms with Gasteiger partial charge >= 0.3 is 0 Å². The van der Waals surface area contributed by atoms with Gasteiger partial charge in [-0.3, -0.25) is 10.3 Å². The molecule has 19 heavy (non-hydrogen) atoms. The van der Waals surface area contributed by atoms with Crippen molar-refractivity contribution >= 4 is 16.0 Å². The van der Waals surface area contributed by atoms with Crippen molar-refractivity contribution in [1.82, 2.24) is 14.3 Å². The molecule has 0 aliphatic carbocycles. The van der Waals surface area contributed by atoms with Gasteiger partial charge < -0.3 is 5.73 Å². The van der Waals surface area contributed by atoms with Gasteiger partial charge in [-0.05, 0) is 33.6 Å². The second-order valence-electron chi connectivity index (χ2n) is 6.05. The fraction of sp³-hybridized carbons (Fsp3) is 0.909. The molecule has 1 fully saturated rings. The maximum atomic E-state index is 11.9. The summed E-state index contributed by atoms with van der Waals surface area (Å²) in [6, 6.07) is -0.0527. The molecule has 0 saturated carbocycles. The number of hydrogen-bond acceptors (Lipinski definition) is 4. The van der Waals surface area contributed by atoms with Gasteiger partial charge in [-0.15, -0.1) is 0 Å². The summed E-state index contributed by atoms with van der Waals surface area (Å²) in [7, 11) is -3.46. The number of nitrogens with two attached hydrogens (primary N) is 1. The second-order valence-corrected chi connectivity index (χ2v) is 7.50. The summed E-state index contributed by atoms with van der Waals surface area (Å²) in [5.41, 5.74) is 4.86. The number of hydrogen-bond donors (Lipinski definition) is 4. The Bertz CT molecular complexity index is 407. The van der Waals surface area contributed by atoms with E-state index in [9.17, 15) is 8.42 Å². The van der Waals surface area contributed by atoms with Crippen LogP contribution in [-0.2, 0) is 10.2 Å². The van der Waals surface area contributed by atoms with E-state index in [0.29, 0.717) is 6.54 Å². The van der Waals surface area contributed by atoms with E-state index in [2.05, 4.69) is 14.3 Å². The van der Waals surface area contributed by atoms with E-state index in [4.69, 9.17) is 11.1 Å². The molecular weight excluding hydrogens is 266 g/mol. The van der Waals surface area contributed by atoms with Crippen molar-refractivity contribution in [3.63, 3.8) is 0 Å². The molecule has 0 aromatic carbocycles. The number of piperidine rings is 1. The van der Waals surface area contributed by atoms with Crippen molar-refractivity contribution in [2.75, 3.05) is 19.6 Å². The van der Waals surface area contributed by atoms with Crippen LogP contribution in [0.3, 0.4) is 0 Å². The first-order chi connectivity index (χ1) is 8.57. The van der Waals surface area contributed by atoms with Gasteiger partial charge in [-0.1, -0.05) is 0 Å². The summed E-state index contributed by atoms with van der Waals surface area (Å²) in [5.74, 6) is 0.147. The van der Waals surface area contributed by atoms with E-state index in [1.807, 2.05) is 20.8 Å². The fourth-order valence-corrected chi connectivity index (χ4v) is 3.64. The molecule has 112 valence electrons. The Hall–Kier alpha value is -0.700. The first-order valence-electron chi connectivity index (χ1n) is 6.44. The van der Waals surface area contributed by atoms with E-state index in [1.54, 1.807) is 0 Å². The zero-order chi connectivity index (χ0) is 14.7. The Balaban J connectivity index is 2.42. The number of amidine groups is 1. The highest BCUT2D eigenvalue weighted by molar-refractivity contribution is 7.87. The van der Waals surface area contributed by atoms with Crippen molar-refractivity contribution in [1.29, 1.82) is 5.41 Å². The van der Waals surface area contributed by atoms with Crippen molar-refractivity contribution < 1.29 is 8.42 Å². The lowest BCUT2D eigenvalue weighted by atomic mass is 10.1. The van der Waals surface area contributed by atoms with Crippen molar-refractivity contribution in [2.45, 2.75) is 45.2 Å². The van der Waals surface area contributed by atoms with Crippen LogP contribution >= 0.6 is 0 Å². The van der Waals surface area contributed by atoms with Crippen molar-refractivity contribution in [3.8, 4) is 0 Å². The molecular formula is C11H25N5O2S. The SMILES string of the molecule is CC(C)(C)NS(=O)(=O)NC1CCN(CC(=N)N)CC1. The topological polar surface area (TPSA) is 111 Å². The third kappa shape index (κ3) is 6.86. The van der Waals surface area contributed by atoms with Gasteiger partial charge in [0.2, 0.25) is 0 Å². The number of nitrogens with zero attached hydrogens (tertiary/aromatic N) is 1.